The van der Waals surface area contributed by atoms with Crippen LogP contribution in [0.5, 0.6) is 5.75 Å². The molecule has 3 aromatic rings. The molecule has 2 aromatic heterocycles. The zero-order chi connectivity index (χ0) is 26.2. The number of fused-ring (bicyclic) bond motifs is 1. The smallest absolute Gasteiger partial charge is 0.227 e. The summed E-state index contributed by atoms with van der Waals surface area (Å²) in [4.78, 5) is 29.6. The van der Waals surface area contributed by atoms with E-state index in [9.17, 15) is 9.90 Å². The van der Waals surface area contributed by atoms with Gasteiger partial charge in [-0.15, -0.1) is 0 Å². The Morgan fingerprint density at radius 3 is 2.65 bits per heavy atom. The maximum absolute atomic E-state index is 11.9. The van der Waals surface area contributed by atoms with E-state index in [1.54, 1.807) is 11.1 Å². The minimum absolute atomic E-state index is 0.0965. The number of likely N-dealkylation sites (N-methyl/N-ethyl adjacent to an activating group) is 1. The maximum atomic E-state index is 11.9. The highest BCUT2D eigenvalue weighted by Gasteiger charge is 2.29. The number of amides is 1. The second kappa shape index (κ2) is 10.1. The number of hydrogen-bond donors (Lipinski definition) is 2. The monoisotopic (exact) mass is 504 g/mol. The first-order chi connectivity index (χ1) is 17.7. The fourth-order valence-electron chi connectivity index (χ4n) is 5.07. The molecule has 0 bridgehead atoms. The summed E-state index contributed by atoms with van der Waals surface area (Å²) in [6.45, 7) is 8.13. The zero-order valence-corrected chi connectivity index (χ0v) is 22.1. The first-order valence-corrected chi connectivity index (χ1v) is 13.1. The third-order valence-corrected chi connectivity index (χ3v) is 7.60. The Balaban J connectivity index is 1.37. The van der Waals surface area contributed by atoms with Crippen LogP contribution in [-0.4, -0.2) is 69.3 Å². The molecule has 0 spiro atoms. The van der Waals surface area contributed by atoms with Crippen molar-refractivity contribution in [2.75, 3.05) is 37.0 Å². The molecule has 2 N–H and O–H groups in total. The largest absolute Gasteiger partial charge is 0.491 e. The molecule has 4 heterocycles. The number of rotatable bonds is 7. The van der Waals surface area contributed by atoms with Gasteiger partial charge in [0.1, 0.15) is 24.0 Å². The van der Waals surface area contributed by atoms with Crippen LogP contribution < -0.4 is 15.0 Å². The lowest BCUT2D eigenvalue weighted by atomic mass is 9.94. The molecule has 9 nitrogen and oxygen atoms in total. The van der Waals surface area contributed by atoms with Gasteiger partial charge >= 0.3 is 0 Å². The van der Waals surface area contributed by atoms with Gasteiger partial charge in [-0.3, -0.25) is 4.79 Å². The van der Waals surface area contributed by atoms with E-state index in [1.165, 1.54) is 5.56 Å². The highest BCUT2D eigenvalue weighted by atomic mass is 16.5. The van der Waals surface area contributed by atoms with E-state index < -0.39 is 5.60 Å². The van der Waals surface area contributed by atoms with Crippen LogP contribution >= 0.6 is 0 Å². The van der Waals surface area contributed by atoms with Gasteiger partial charge in [0.25, 0.3) is 0 Å². The fourth-order valence-corrected chi connectivity index (χ4v) is 5.07. The third kappa shape index (κ3) is 5.46. The lowest BCUT2D eigenvalue weighted by molar-refractivity contribution is -0.127. The molecule has 2 aliphatic heterocycles. The van der Waals surface area contributed by atoms with Gasteiger partial charge in [-0.05, 0) is 61.3 Å². The minimum atomic E-state index is -0.623. The Morgan fingerprint density at radius 1 is 1.16 bits per heavy atom. The summed E-state index contributed by atoms with van der Waals surface area (Å²) < 4.78 is 6.21. The summed E-state index contributed by atoms with van der Waals surface area (Å²) in [5, 5.41) is 15.6. The average Bonchev–Trinajstić information content (AvgIpc) is 3.19. The van der Waals surface area contributed by atoms with Crippen molar-refractivity contribution in [1.82, 2.24) is 19.9 Å². The Bertz CT molecular complexity index is 1280. The first-order valence-electron chi connectivity index (χ1n) is 13.1. The van der Waals surface area contributed by atoms with Crippen LogP contribution in [0.4, 0.5) is 17.6 Å². The van der Waals surface area contributed by atoms with Crippen LogP contribution in [-0.2, 0) is 4.79 Å². The fraction of sp³-hybridized carbons (Fsp3) is 0.500. The molecular formula is C28H36N6O3. The van der Waals surface area contributed by atoms with Crippen molar-refractivity contribution in [1.29, 1.82) is 0 Å². The molecule has 0 saturated carbocycles. The van der Waals surface area contributed by atoms with Gasteiger partial charge in [0.15, 0.2) is 0 Å². The van der Waals surface area contributed by atoms with E-state index in [2.05, 4.69) is 40.1 Å². The van der Waals surface area contributed by atoms with Gasteiger partial charge in [-0.1, -0.05) is 19.9 Å². The molecule has 2 fully saturated rings. The van der Waals surface area contributed by atoms with E-state index in [4.69, 9.17) is 9.72 Å². The van der Waals surface area contributed by atoms with Crippen molar-refractivity contribution in [2.24, 2.45) is 0 Å². The van der Waals surface area contributed by atoms with Crippen molar-refractivity contribution >= 4 is 34.3 Å². The minimum Gasteiger partial charge on any atom is -0.491 e. The van der Waals surface area contributed by atoms with Crippen molar-refractivity contribution in [3.05, 3.63) is 42.2 Å². The Kier molecular flexibility index (Phi) is 6.90. The number of anilines is 3. The van der Waals surface area contributed by atoms with Crippen molar-refractivity contribution in [3.63, 3.8) is 0 Å². The lowest BCUT2D eigenvalue weighted by Gasteiger charge is -2.35. The van der Waals surface area contributed by atoms with Crippen LogP contribution in [0.15, 0.2) is 36.7 Å². The molecule has 2 saturated heterocycles. The number of aliphatic hydroxyl groups is 1. The number of likely N-dealkylation sites (tertiary alicyclic amines) is 1. The second-order valence-corrected chi connectivity index (χ2v) is 10.8. The first kappa shape index (κ1) is 25.2. The van der Waals surface area contributed by atoms with Crippen molar-refractivity contribution < 1.29 is 14.6 Å². The molecule has 0 radical (unpaired) electrons. The molecule has 0 unspecified atom stereocenters. The molecule has 37 heavy (non-hydrogen) atoms. The number of carbonyl (C=O) groups excluding carboxylic acids is 1. The average molecular weight is 505 g/mol. The quantitative estimate of drug-likeness (QED) is 0.492. The van der Waals surface area contributed by atoms with Crippen LogP contribution in [0.2, 0.25) is 0 Å². The molecule has 1 atom stereocenters. The molecule has 1 amide bonds. The number of hydrogen-bond acceptors (Lipinski definition) is 8. The van der Waals surface area contributed by atoms with Gasteiger partial charge in [0.2, 0.25) is 11.9 Å². The van der Waals surface area contributed by atoms with Crippen molar-refractivity contribution in [2.45, 2.75) is 64.0 Å². The molecule has 2 aliphatic rings. The molecule has 0 aliphatic carbocycles. The molecule has 9 heteroatoms. The van der Waals surface area contributed by atoms with Crippen LogP contribution in [0, 0.1) is 0 Å². The van der Waals surface area contributed by atoms with E-state index >= 15 is 0 Å². The van der Waals surface area contributed by atoms with Gasteiger partial charge < -0.3 is 25.0 Å². The summed E-state index contributed by atoms with van der Waals surface area (Å²) in [7, 11) is 1.84. The maximum Gasteiger partial charge on any atom is 0.227 e. The number of nitrogens with zero attached hydrogens (tertiary/aromatic N) is 5. The summed E-state index contributed by atoms with van der Waals surface area (Å²) in [5.41, 5.74) is 0.590. The topological polar surface area (TPSA) is 104 Å². The van der Waals surface area contributed by atoms with Crippen molar-refractivity contribution in [3.8, 4) is 5.75 Å². The number of carbonyl (C=O) groups is 1. The van der Waals surface area contributed by atoms with Gasteiger partial charge in [-0.25, -0.2) is 9.97 Å². The SMILES string of the molecule is CC(C)c1ccc(OC[C@H]2CCC(=O)N2C)c2cnc(Nc3ccnc(N4CCC(C)(O)CC4)n3)cc12. The predicted octanol–water partition coefficient (Wildman–Crippen LogP) is 4.24. The number of piperidine rings is 1. The molecule has 1 aromatic carbocycles. The number of nitrogens with one attached hydrogen (secondary N) is 1. The number of ether oxygens (including phenoxy) is 1. The van der Waals surface area contributed by atoms with E-state index in [1.807, 2.05) is 38.4 Å². The number of pyridine rings is 1. The van der Waals surface area contributed by atoms with E-state index in [0.717, 1.165) is 36.0 Å². The Labute approximate surface area is 217 Å². The van der Waals surface area contributed by atoms with Crippen LogP contribution in [0.25, 0.3) is 10.8 Å². The van der Waals surface area contributed by atoms with Crippen LogP contribution in [0.1, 0.15) is 57.9 Å². The highest BCUT2D eigenvalue weighted by Crippen LogP contribution is 2.34. The van der Waals surface area contributed by atoms with Gasteiger partial charge in [0, 0.05) is 44.3 Å². The van der Waals surface area contributed by atoms with Crippen LogP contribution in [0.3, 0.4) is 0 Å². The van der Waals surface area contributed by atoms with E-state index in [0.29, 0.717) is 49.4 Å². The zero-order valence-electron chi connectivity index (χ0n) is 22.1. The summed E-state index contributed by atoms with van der Waals surface area (Å²) in [6, 6.07) is 8.10. The third-order valence-electron chi connectivity index (χ3n) is 7.60. The predicted molar refractivity (Wildman–Crippen MR) is 145 cm³/mol. The molecular weight excluding hydrogens is 468 g/mol. The molecule has 196 valence electrons. The van der Waals surface area contributed by atoms with Gasteiger partial charge in [-0.2, -0.15) is 4.98 Å². The summed E-state index contributed by atoms with van der Waals surface area (Å²) >= 11 is 0. The van der Waals surface area contributed by atoms with Gasteiger partial charge in [0.05, 0.1) is 11.6 Å². The Morgan fingerprint density at radius 2 is 1.95 bits per heavy atom. The summed E-state index contributed by atoms with van der Waals surface area (Å²) in [5.74, 6) is 3.28. The molecule has 5 rings (SSSR count). The number of aromatic nitrogens is 3. The highest BCUT2D eigenvalue weighted by molar-refractivity contribution is 5.92. The summed E-state index contributed by atoms with van der Waals surface area (Å²) in [6.07, 6.45) is 6.37. The van der Waals surface area contributed by atoms with E-state index in [-0.39, 0.29) is 11.9 Å². The Hall–Kier alpha value is -3.46. The lowest BCUT2D eigenvalue weighted by Crippen LogP contribution is -2.43. The normalized spacial score (nSPS) is 19.6. The second-order valence-electron chi connectivity index (χ2n) is 10.8. The standard InChI is InChI=1S/C28H36N6O3/c1-18(2)20-6-7-23(37-17-19-5-8-26(35)33(19)4)22-16-30-25(15-21(20)22)31-24-9-12-29-27(32-24)34-13-10-28(3,36)11-14-34/h6-7,9,12,15-16,18-19,36H,5,8,10-11,13-14,17H2,1-4H3,(H,29,30,31,32)/t19-/m1/s1. The number of benzene rings is 1.